The van der Waals surface area contributed by atoms with Crippen LogP contribution in [-0.4, -0.2) is 47.9 Å². The molecule has 0 amide bonds. The van der Waals surface area contributed by atoms with E-state index >= 15 is 0 Å². The molecule has 4 nitrogen and oxygen atoms in total. The zero-order chi connectivity index (χ0) is 12.1. The van der Waals surface area contributed by atoms with E-state index in [1.54, 1.807) is 0 Å². The predicted octanol–water partition coefficient (Wildman–Crippen LogP) is 0.894. The molecule has 0 aliphatic carbocycles. The molecular formula is C13H24N4. The summed E-state index contributed by atoms with van der Waals surface area (Å²) in [6.07, 6.45) is 7.95. The molecule has 1 aliphatic heterocycles. The van der Waals surface area contributed by atoms with Crippen LogP contribution in [0.15, 0.2) is 12.4 Å². The van der Waals surface area contributed by atoms with Crippen molar-refractivity contribution in [3.05, 3.63) is 18.0 Å². The van der Waals surface area contributed by atoms with E-state index in [4.69, 9.17) is 0 Å². The van der Waals surface area contributed by atoms with E-state index in [0.29, 0.717) is 0 Å². The van der Waals surface area contributed by atoms with Gasteiger partial charge in [-0.3, -0.25) is 4.68 Å². The Balaban J connectivity index is 1.75. The maximum absolute atomic E-state index is 4.21. The number of nitrogens with one attached hydrogen (secondary N) is 1. The normalized spacial score (nSPS) is 21.9. The van der Waals surface area contributed by atoms with Crippen LogP contribution in [0.5, 0.6) is 0 Å². The predicted molar refractivity (Wildman–Crippen MR) is 70.0 cm³/mol. The van der Waals surface area contributed by atoms with Crippen molar-refractivity contribution in [3.8, 4) is 0 Å². The number of aromatic nitrogens is 2. The van der Waals surface area contributed by atoms with Crippen LogP contribution in [0, 0.1) is 5.92 Å². The van der Waals surface area contributed by atoms with Crippen LogP contribution < -0.4 is 5.32 Å². The first kappa shape index (κ1) is 12.6. The minimum Gasteiger partial charge on any atom is -0.319 e. The fraction of sp³-hybridized carbons (Fsp3) is 0.769. The molecule has 1 fully saturated rings. The molecule has 1 aromatic rings. The van der Waals surface area contributed by atoms with Crippen molar-refractivity contribution in [1.29, 1.82) is 0 Å². The smallest absolute Gasteiger partial charge is 0.0522 e. The monoisotopic (exact) mass is 236 g/mol. The van der Waals surface area contributed by atoms with E-state index in [2.05, 4.69) is 28.6 Å². The Kier molecular flexibility index (Phi) is 4.57. The number of piperidine rings is 1. The summed E-state index contributed by atoms with van der Waals surface area (Å²) in [5, 5.41) is 7.51. The number of aryl methyl sites for hydroxylation is 1. The van der Waals surface area contributed by atoms with Crippen molar-refractivity contribution in [2.45, 2.75) is 19.3 Å². The molecule has 2 rings (SSSR count). The summed E-state index contributed by atoms with van der Waals surface area (Å²) >= 11 is 0. The summed E-state index contributed by atoms with van der Waals surface area (Å²) in [7, 11) is 4.03. The molecule has 1 atom stereocenters. The molecule has 4 heteroatoms. The van der Waals surface area contributed by atoms with Gasteiger partial charge < -0.3 is 10.2 Å². The highest BCUT2D eigenvalue weighted by molar-refractivity contribution is 5.04. The first-order chi connectivity index (χ1) is 8.28. The van der Waals surface area contributed by atoms with E-state index in [1.165, 1.54) is 38.0 Å². The largest absolute Gasteiger partial charge is 0.319 e. The highest BCUT2D eigenvalue weighted by atomic mass is 15.2. The van der Waals surface area contributed by atoms with Gasteiger partial charge in [-0.25, -0.2) is 0 Å². The number of likely N-dealkylation sites (tertiary alicyclic amines) is 1. The average Bonchev–Trinajstić information content (AvgIpc) is 2.74. The van der Waals surface area contributed by atoms with Crippen molar-refractivity contribution in [1.82, 2.24) is 20.0 Å². The van der Waals surface area contributed by atoms with Gasteiger partial charge in [0.25, 0.3) is 0 Å². The first-order valence-electron chi connectivity index (χ1n) is 6.62. The summed E-state index contributed by atoms with van der Waals surface area (Å²) in [5.41, 5.74) is 1.35. The summed E-state index contributed by atoms with van der Waals surface area (Å²) in [4.78, 5) is 2.60. The molecule has 1 aliphatic rings. The first-order valence-corrected chi connectivity index (χ1v) is 6.62. The highest BCUT2D eigenvalue weighted by Crippen LogP contribution is 2.15. The summed E-state index contributed by atoms with van der Waals surface area (Å²) in [6.45, 7) is 4.84. The Hall–Kier alpha value is -0.870. The SMILES string of the molecule is CNCC1CCCN(CCc2cnn(C)c2)C1. The second kappa shape index (κ2) is 6.17. The highest BCUT2D eigenvalue weighted by Gasteiger charge is 2.18. The van der Waals surface area contributed by atoms with Crippen molar-refractivity contribution < 1.29 is 0 Å². The lowest BCUT2D eigenvalue weighted by molar-refractivity contribution is 0.175. The van der Waals surface area contributed by atoms with Gasteiger partial charge in [0.05, 0.1) is 6.20 Å². The van der Waals surface area contributed by atoms with Gasteiger partial charge in [-0.1, -0.05) is 0 Å². The third-order valence-electron chi connectivity index (χ3n) is 3.57. The maximum Gasteiger partial charge on any atom is 0.0522 e. The fourth-order valence-electron chi connectivity index (χ4n) is 2.70. The van der Waals surface area contributed by atoms with Crippen LogP contribution in [0.3, 0.4) is 0 Å². The van der Waals surface area contributed by atoms with Crippen molar-refractivity contribution in [2.24, 2.45) is 13.0 Å². The number of hydrogen-bond acceptors (Lipinski definition) is 3. The third-order valence-corrected chi connectivity index (χ3v) is 3.57. The molecule has 0 radical (unpaired) electrons. The topological polar surface area (TPSA) is 33.1 Å². The van der Waals surface area contributed by atoms with E-state index < -0.39 is 0 Å². The molecule has 2 heterocycles. The van der Waals surface area contributed by atoms with Crippen LogP contribution in [0.25, 0.3) is 0 Å². The molecule has 96 valence electrons. The lowest BCUT2D eigenvalue weighted by Gasteiger charge is -2.32. The fourth-order valence-corrected chi connectivity index (χ4v) is 2.70. The molecule has 0 spiro atoms. The molecule has 1 N–H and O–H groups in total. The number of hydrogen-bond donors (Lipinski definition) is 1. The average molecular weight is 236 g/mol. The molecule has 0 aromatic carbocycles. The molecule has 1 aromatic heterocycles. The Morgan fingerprint density at radius 1 is 1.53 bits per heavy atom. The minimum absolute atomic E-state index is 0.836. The summed E-state index contributed by atoms with van der Waals surface area (Å²) in [5.74, 6) is 0.836. The Bertz CT molecular complexity index is 332. The Morgan fingerprint density at radius 3 is 3.12 bits per heavy atom. The van der Waals surface area contributed by atoms with Crippen LogP contribution in [0.2, 0.25) is 0 Å². The molecule has 1 saturated heterocycles. The maximum atomic E-state index is 4.21. The van der Waals surface area contributed by atoms with E-state index in [0.717, 1.165) is 18.9 Å². The zero-order valence-corrected chi connectivity index (χ0v) is 11.0. The number of rotatable bonds is 5. The summed E-state index contributed by atoms with van der Waals surface area (Å²) in [6, 6.07) is 0. The third kappa shape index (κ3) is 3.82. The zero-order valence-electron chi connectivity index (χ0n) is 11.0. The Morgan fingerprint density at radius 2 is 2.41 bits per heavy atom. The van der Waals surface area contributed by atoms with E-state index in [1.807, 2.05) is 17.9 Å². The molecular weight excluding hydrogens is 212 g/mol. The standard InChI is InChI=1S/C13H24N4/c1-14-8-12-4-3-6-17(11-12)7-5-13-9-15-16(2)10-13/h9-10,12,14H,3-8,11H2,1-2H3. The second-order valence-corrected chi connectivity index (χ2v) is 5.14. The minimum atomic E-state index is 0.836. The quantitative estimate of drug-likeness (QED) is 0.824. The summed E-state index contributed by atoms with van der Waals surface area (Å²) < 4.78 is 1.88. The van der Waals surface area contributed by atoms with Gasteiger partial charge in [-0.05, 0) is 50.9 Å². The Labute approximate surface area is 104 Å². The van der Waals surface area contributed by atoms with Crippen LogP contribution >= 0.6 is 0 Å². The van der Waals surface area contributed by atoms with Crippen LogP contribution in [0.4, 0.5) is 0 Å². The van der Waals surface area contributed by atoms with Crippen molar-refractivity contribution >= 4 is 0 Å². The van der Waals surface area contributed by atoms with Crippen LogP contribution in [-0.2, 0) is 13.5 Å². The molecule has 17 heavy (non-hydrogen) atoms. The van der Waals surface area contributed by atoms with E-state index in [-0.39, 0.29) is 0 Å². The van der Waals surface area contributed by atoms with Gasteiger partial charge in [0, 0.05) is 26.3 Å². The van der Waals surface area contributed by atoms with Gasteiger partial charge in [-0.2, -0.15) is 5.10 Å². The lowest BCUT2D eigenvalue weighted by Crippen LogP contribution is -2.39. The molecule has 0 bridgehead atoms. The van der Waals surface area contributed by atoms with Gasteiger partial charge in [0.1, 0.15) is 0 Å². The van der Waals surface area contributed by atoms with Gasteiger partial charge in [0.2, 0.25) is 0 Å². The van der Waals surface area contributed by atoms with E-state index in [9.17, 15) is 0 Å². The van der Waals surface area contributed by atoms with Crippen molar-refractivity contribution in [2.75, 3.05) is 33.2 Å². The van der Waals surface area contributed by atoms with Crippen LogP contribution in [0.1, 0.15) is 18.4 Å². The second-order valence-electron chi connectivity index (χ2n) is 5.14. The van der Waals surface area contributed by atoms with Gasteiger partial charge in [0.15, 0.2) is 0 Å². The van der Waals surface area contributed by atoms with Gasteiger partial charge in [-0.15, -0.1) is 0 Å². The number of nitrogens with zero attached hydrogens (tertiary/aromatic N) is 3. The van der Waals surface area contributed by atoms with Crippen molar-refractivity contribution in [3.63, 3.8) is 0 Å². The molecule has 1 unspecified atom stereocenters. The molecule has 0 saturated carbocycles. The van der Waals surface area contributed by atoms with Gasteiger partial charge >= 0.3 is 0 Å². The lowest BCUT2D eigenvalue weighted by atomic mass is 9.98.